The Labute approximate surface area is 86.2 Å². The Bertz CT molecular complexity index is 147. The highest BCUT2D eigenvalue weighted by molar-refractivity contribution is 4.52. The van der Waals surface area contributed by atoms with Crippen LogP contribution in [0.25, 0.3) is 0 Å². The molecule has 4 N–H and O–H groups in total. The number of nitrogens with one attached hydrogen (secondary N) is 1. The lowest BCUT2D eigenvalue weighted by Crippen LogP contribution is -3.21. The minimum atomic E-state index is -0.300. The Morgan fingerprint density at radius 2 is 2.00 bits per heavy atom. The number of nitrogens with two attached hydrogens (primary N) is 1. The van der Waals surface area contributed by atoms with Crippen molar-refractivity contribution in [2.75, 3.05) is 39.3 Å². The Morgan fingerprint density at radius 3 is 2.57 bits per heavy atom. The summed E-state index contributed by atoms with van der Waals surface area (Å²) in [5.74, 6) is 0. The van der Waals surface area contributed by atoms with Gasteiger partial charge < -0.3 is 20.1 Å². The van der Waals surface area contributed by atoms with E-state index in [2.05, 4.69) is 5.32 Å². The fourth-order valence-electron chi connectivity index (χ4n) is 1.78. The molecule has 4 heteroatoms. The molecule has 0 radical (unpaired) electrons. The molecule has 1 saturated heterocycles. The average molecular weight is 204 g/mol. The van der Waals surface area contributed by atoms with Gasteiger partial charge in [-0.1, -0.05) is 0 Å². The SMILES string of the molecule is CC(C)OC[C@@H](O)C[NH+]1CC[NH2+]CC1. The van der Waals surface area contributed by atoms with E-state index in [0.29, 0.717) is 6.61 Å². The maximum absolute atomic E-state index is 9.69. The second-order valence-electron chi connectivity index (χ2n) is 4.36. The van der Waals surface area contributed by atoms with Gasteiger partial charge >= 0.3 is 0 Å². The molecule has 1 heterocycles. The molecule has 0 aliphatic carbocycles. The van der Waals surface area contributed by atoms with Crippen LogP contribution in [-0.4, -0.2) is 56.6 Å². The number of piperazine rings is 1. The minimum Gasteiger partial charge on any atom is -0.385 e. The Morgan fingerprint density at radius 1 is 1.36 bits per heavy atom. The first-order valence-corrected chi connectivity index (χ1v) is 5.63. The summed E-state index contributed by atoms with van der Waals surface area (Å²) in [6.45, 7) is 10.0. The number of hydrogen-bond acceptors (Lipinski definition) is 2. The van der Waals surface area contributed by atoms with E-state index < -0.39 is 0 Å². The van der Waals surface area contributed by atoms with Gasteiger partial charge in [-0.2, -0.15) is 0 Å². The summed E-state index contributed by atoms with van der Waals surface area (Å²) in [5.41, 5.74) is 0. The van der Waals surface area contributed by atoms with Gasteiger partial charge in [0.1, 0.15) is 38.8 Å². The first-order valence-electron chi connectivity index (χ1n) is 5.63. The molecule has 1 aliphatic heterocycles. The van der Waals surface area contributed by atoms with Crippen LogP contribution in [0.3, 0.4) is 0 Å². The van der Waals surface area contributed by atoms with Crippen molar-refractivity contribution in [1.29, 1.82) is 0 Å². The van der Waals surface area contributed by atoms with Crippen molar-refractivity contribution in [3.8, 4) is 0 Å². The van der Waals surface area contributed by atoms with Crippen molar-refractivity contribution in [2.45, 2.75) is 26.1 Å². The zero-order valence-electron chi connectivity index (χ0n) is 9.33. The monoisotopic (exact) mass is 204 g/mol. The normalized spacial score (nSPS) is 21.4. The van der Waals surface area contributed by atoms with E-state index in [0.717, 1.165) is 6.54 Å². The van der Waals surface area contributed by atoms with Gasteiger partial charge in [0.25, 0.3) is 0 Å². The summed E-state index contributed by atoms with van der Waals surface area (Å²) < 4.78 is 5.37. The van der Waals surface area contributed by atoms with Crippen LogP contribution in [0.1, 0.15) is 13.8 Å². The van der Waals surface area contributed by atoms with Crippen LogP contribution in [0.2, 0.25) is 0 Å². The average Bonchev–Trinajstić information content (AvgIpc) is 2.16. The van der Waals surface area contributed by atoms with Crippen LogP contribution in [0.4, 0.5) is 0 Å². The third-order valence-electron chi connectivity index (χ3n) is 2.55. The predicted octanol–water partition coefficient (Wildman–Crippen LogP) is -2.77. The molecule has 1 fully saturated rings. The molecule has 0 aromatic carbocycles. The second-order valence-corrected chi connectivity index (χ2v) is 4.36. The lowest BCUT2D eigenvalue weighted by Gasteiger charge is -2.24. The molecule has 1 rings (SSSR count). The maximum atomic E-state index is 9.69. The predicted molar refractivity (Wildman–Crippen MR) is 54.3 cm³/mol. The molecule has 0 bridgehead atoms. The van der Waals surface area contributed by atoms with Gasteiger partial charge in [-0.05, 0) is 13.8 Å². The third-order valence-corrected chi connectivity index (χ3v) is 2.55. The van der Waals surface area contributed by atoms with Crippen molar-refractivity contribution in [3.63, 3.8) is 0 Å². The van der Waals surface area contributed by atoms with Crippen LogP contribution >= 0.6 is 0 Å². The zero-order valence-corrected chi connectivity index (χ0v) is 9.33. The maximum Gasteiger partial charge on any atom is 0.127 e. The summed E-state index contributed by atoms with van der Waals surface area (Å²) in [4.78, 5) is 1.51. The van der Waals surface area contributed by atoms with Crippen LogP contribution in [0.5, 0.6) is 0 Å². The summed E-state index contributed by atoms with van der Waals surface area (Å²) >= 11 is 0. The number of ether oxygens (including phenoxy) is 1. The molecule has 1 atom stereocenters. The fourth-order valence-corrected chi connectivity index (χ4v) is 1.78. The molecule has 14 heavy (non-hydrogen) atoms. The molecule has 0 spiro atoms. The summed E-state index contributed by atoms with van der Waals surface area (Å²) in [6, 6.07) is 0. The number of quaternary nitrogens is 2. The van der Waals surface area contributed by atoms with Crippen molar-refractivity contribution in [3.05, 3.63) is 0 Å². The summed E-state index contributed by atoms with van der Waals surface area (Å²) in [7, 11) is 0. The van der Waals surface area contributed by atoms with E-state index in [9.17, 15) is 5.11 Å². The molecule has 0 unspecified atom stereocenters. The molecule has 0 aromatic heterocycles. The molecule has 0 saturated carbocycles. The largest absolute Gasteiger partial charge is 0.385 e. The number of hydrogen-bond donors (Lipinski definition) is 3. The van der Waals surface area contributed by atoms with E-state index in [1.165, 1.54) is 31.1 Å². The number of rotatable bonds is 5. The van der Waals surface area contributed by atoms with Crippen LogP contribution in [0.15, 0.2) is 0 Å². The van der Waals surface area contributed by atoms with Gasteiger partial charge in [0, 0.05) is 0 Å². The second kappa shape index (κ2) is 6.35. The molecule has 0 aromatic rings. The van der Waals surface area contributed by atoms with Crippen LogP contribution in [0, 0.1) is 0 Å². The smallest absolute Gasteiger partial charge is 0.127 e. The van der Waals surface area contributed by atoms with E-state index in [1.807, 2.05) is 13.8 Å². The summed E-state index contributed by atoms with van der Waals surface area (Å²) in [5, 5.41) is 12.0. The lowest BCUT2D eigenvalue weighted by atomic mass is 10.3. The lowest BCUT2D eigenvalue weighted by molar-refractivity contribution is -0.949. The van der Waals surface area contributed by atoms with Crippen molar-refractivity contribution < 1.29 is 20.1 Å². The third kappa shape index (κ3) is 4.91. The van der Waals surface area contributed by atoms with Gasteiger partial charge in [0.15, 0.2) is 0 Å². The van der Waals surface area contributed by atoms with Gasteiger partial charge in [-0.3, -0.25) is 0 Å². The van der Waals surface area contributed by atoms with Crippen molar-refractivity contribution in [1.82, 2.24) is 0 Å². The van der Waals surface area contributed by atoms with Crippen LogP contribution in [-0.2, 0) is 4.74 Å². The molecule has 84 valence electrons. The Kier molecular flexibility index (Phi) is 5.40. The molecule has 0 amide bonds. The van der Waals surface area contributed by atoms with Crippen molar-refractivity contribution in [2.24, 2.45) is 0 Å². The minimum absolute atomic E-state index is 0.217. The standard InChI is InChI=1S/C10H22N2O2/c1-9(2)14-8-10(13)7-12-5-3-11-4-6-12/h9-11,13H,3-8H2,1-2H3/p+2/t10-/m0/s1. The van der Waals surface area contributed by atoms with E-state index in [4.69, 9.17) is 4.74 Å². The molecule has 1 aliphatic rings. The quantitative estimate of drug-likeness (QED) is 0.454. The summed E-state index contributed by atoms with van der Waals surface area (Å²) in [6.07, 6.45) is -0.0835. The van der Waals surface area contributed by atoms with E-state index in [1.54, 1.807) is 0 Å². The Hall–Kier alpha value is -0.160. The topological polar surface area (TPSA) is 50.5 Å². The molecular weight excluding hydrogens is 180 g/mol. The van der Waals surface area contributed by atoms with Gasteiger partial charge in [-0.25, -0.2) is 0 Å². The molecular formula is C10H24N2O2+2. The van der Waals surface area contributed by atoms with Gasteiger partial charge in [-0.15, -0.1) is 0 Å². The highest BCUT2D eigenvalue weighted by Crippen LogP contribution is 1.89. The first-order chi connectivity index (χ1) is 6.68. The highest BCUT2D eigenvalue weighted by Gasteiger charge is 2.19. The van der Waals surface area contributed by atoms with Gasteiger partial charge in [0.05, 0.1) is 12.7 Å². The zero-order chi connectivity index (χ0) is 10.4. The van der Waals surface area contributed by atoms with Crippen LogP contribution < -0.4 is 10.2 Å². The molecule has 4 nitrogen and oxygen atoms in total. The number of aliphatic hydroxyl groups excluding tert-OH is 1. The van der Waals surface area contributed by atoms with Gasteiger partial charge in [0.2, 0.25) is 0 Å². The Balaban J connectivity index is 2.09. The highest BCUT2D eigenvalue weighted by atomic mass is 16.5. The fraction of sp³-hybridized carbons (Fsp3) is 1.00. The number of aliphatic hydroxyl groups is 1. The first kappa shape index (κ1) is 11.9. The van der Waals surface area contributed by atoms with Crippen molar-refractivity contribution >= 4 is 0 Å². The van der Waals surface area contributed by atoms with E-state index >= 15 is 0 Å². The van der Waals surface area contributed by atoms with E-state index in [-0.39, 0.29) is 12.2 Å².